The maximum atomic E-state index is 13.2. The van der Waals surface area contributed by atoms with E-state index in [4.69, 9.17) is 14.2 Å². The minimum Gasteiger partial charge on any atom is -0.493 e. The fourth-order valence-corrected chi connectivity index (χ4v) is 4.52. The Hall–Kier alpha value is -3.55. The van der Waals surface area contributed by atoms with Gasteiger partial charge in [-0.25, -0.2) is 9.78 Å². The van der Waals surface area contributed by atoms with Gasteiger partial charge in [0.2, 0.25) is 0 Å². The summed E-state index contributed by atoms with van der Waals surface area (Å²) < 4.78 is 19.0. The van der Waals surface area contributed by atoms with E-state index in [-0.39, 0.29) is 23.8 Å². The molecule has 1 amide bonds. The number of aromatic nitrogens is 2. The van der Waals surface area contributed by atoms with Crippen molar-refractivity contribution < 1.29 is 19.0 Å². The van der Waals surface area contributed by atoms with E-state index in [1.165, 1.54) is 0 Å². The second-order valence-electron chi connectivity index (χ2n) is 10.3. The largest absolute Gasteiger partial charge is 0.493 e. The monoisotopic (exact) mass is 493 g/mol. The summed E-state index contributed by atoms with van der Waals surface area (Å²) >= 11 is 0. The van der Waals surface area contributed by atoms with Crippen LogP contribution in [0.5, 0.6) is 11.5 Å². The number of carbonyl (C=O) groups excluding carboxylic acids is 1. The number of carbonyl (C=O) groups is 1. The molecule has 192 valence electrons. The SMILES string of the molecule is COc1cc2ncn(Cc3ccccc3)c(=O)c2cc1O[C@H]1CC[C@@H](N(C)C(=O)OC(C)(C)C)CC1. The Labute approximate surface area is 211 Å². The molecule has 8 nitrogen and oxygen atoms in total. The van der Waals surface area contributed by atoms with E-state index in [1.807, 2.05) is 51.1 Å². The summed E-state index contributed by atoms with van der Waals surface area (Å²) in [6, 6.07) is 13.4. The highest BCUT2D eigenvalue weighted by Gasteiger charge is 2.30. The van der Waals surface area contributed by atoms with Crippen LogP contribution in [0.4, 0.5) is 4.79 Å². The summed E-state index contributed by atoms with van der Waals surface area (Å²) in [5, 5.41) is 0.488. The minimum absolute atomic E-state index is 0.0390. The van der Waals surface area contributed by atoms with Crippen molar-refractivity contribution in [2.45, 2.75) is 70.7 Å². The van der Waals surface area contributed by atoms with Crippen molar-refractivity contribution in [3.05, 3.63) is 64.7 Å². The Kier molecular flexibility index (Phi) is 7.52. The van der Waals surface area contributed by atoms with Gasteiger partial charge in [-0.1, -0.05) is 30.3 Å². The zero-order valence-electron chi connectivity index (χ0n) is 21.7. The number of hydrogen-bond acceptors (Lipinski definition) is 6. The number of amides is 1. The first-order valence-corrected chi connectivity index (χ1v) is 12.4. The molecule has 1 heterocycles. The molecule has 1 saturated carbocycles. The number of hydrogen-bond donors (Lipinski definition) is 0. The van der Waals surface area contributed by atoms with E-state index in [9.17, 15) is 9.59 Å². The fourth-order valence-electron chi connectivity index (χ4n) is 4.52. The van der Waals surface area contributed by atoms with Crippen LogP contribution in [0.2, 0.25) is 0 Å². The predicted molar refractivity (Wildman–Crippen MR) is 139 cm³/mol. The lowest BCUT2D eigenvalue weighted by molar-refractivity contribution is 0.0138. The average molecular weight is 494 g/mol. The van der Waals surface area contributed by atoms with Crippen LogP contribution < -0.4 is 15.0 Å². The lowest BCUT2D eigenvalue weighted by atomic mass is 9.92. The van der Waals surface area contributed by atoms with Gasteiger partial charge in [0.15, 0.2) is 11.5 Å². The normalized spacial score (nSPS) is 18.0. The fraction of sp³-hybridized carbons (Fsp3) is 0.464. The van der Waals surface area contributed by atoms with Crippen LogP contribution in [0.25, 0.3) is 10.9 Å². The highest BCUT2D eigenvalue weighted by atomic mass is 16.6. The number of ether oxygens (including phenoxy) is 3. The summed E-state index contributed by atoms with van der Waals surface area (Å²) in [6.45, 7) is 6.05. The van der Waals surface area contributed by atoms with Crippen molar-refractivity contribution in [1.82, 2.24) is 14.5 Å². The van der Waals surface area contributed by atoms with Crippen molar-refractivity contribution >= 4 is 17.0 Å². The highest BCUT2D eigenvalue weighted by Crippen LogP contribution is 2.34. The number of nitrogens with zero attached hydrogens (tertiary/aromatic N) is 3. The molecule has 0 unspecified atom stereocenters. The van der Waals surface area contributed by atoms with Crippen LogP contribution in [0.3, 0.4) is 0 Å². The quantitative estimate of drug-likeness (QED) is 0.480. The molecule has 3 aromatic rings. The van der Waals surface area contributed by atoms with E-state index >= 15 is 0 Å². The van der Waals surface area contributed by atoms with Crippen LogP contribution in [0.1, 0.15) is 52.0 Å². The number of methoxy groups -OCH3 is 1. The lowest BCUT2D eigenvalue weighted by Gasteiger charge is -2.35. The maximum absolute atomic E-state index is 13.2. The standard InChI is InChI=1S/C28H35N3O5/c1-28(2,3)36-27(33)30(4)20-11-13-21(14-12-20)35-25-15-22-23(16-24(25)34-5)29-18-31(26(22)32)17-19-9-7-6-8-10-19/h6-10,15-16,18,20-21H,11-14,17H2,1-5H3/t20-,21+. The molecule has 0 saturated heterocycles. The molecule has 0 spiro atoms. The first-order chi connectivity index (χ1) is 17.1. The van der Waals surface area contributed by atoms with Crippen molar-refractivity contribution in [2.75, 3.05) is 14.2 Å². The first-order valence-electron chi connectivity index (χ1n) is 12.4. The second kappa shape index (κ2) is 10.6. The molecule has 1 aromatic heterocycles. The maximum Gasteiger partial charge on any atom is 0.410 e. The molecule has 0 radical (unpaired) electrons. The van der Waals surface area contributed by atoms with Gasteiger partial charge in [0.05, 0.1) is 37.0 Å². The molecule has 1 aliphatic rings. The van der Waals surface area contributed by atoms with Gasteiger partial charge >= 0.3 is 6.09 Å². The Balaban J connectivity index is 1.48. The summed E-state index contributed by atoms with van der Waals surface area (Å²) in [5.41, 5.74) is 0.946. The lowest BCUT2D eigenvalue weighted by Crippen LogP contribution is -2.43. The van der Waals surface area contributed by atoms with Gasteiger partial charge in [0, 0.05) is 19.2 Å². The van der Waals surface area contributed by atoms with E-state index in [0.717, 1.165) is 31.2 Å². The summed E-state index contributed by atoms with van der Waals surface area (Å²) in [4.78, 5) is 31.8. The smallest absolute Gasteiger partial charge is 0.410 e. The zero-order valence-corrected chi connectivity index (χ0v) is 21.7. The van der Waals surface area contributed by atoms with Crippen LogP contribution >= 0.6 is 0 Å². The van der Waals surface area contributed by atoms with Crippen LogP contribution in [-0.4, -0.2) is 52.4 Å². The highest BCUT2D eigenvalue weighted by molar-refractivity contribution is 5.81. The molecule has 8 heteroatoms. The molecule has 2 aromatic carbocycles. The molecular formula is C28H35N3O5. The van der Waals surface area contributed by atoms with Gasteiger partial charge in [-0.05, 0) is 58.1 Å². The topological polar surface area (TPSA) is 82.9 Å². The van der Waals surface area contributed by atoms with Gasteiger partial charge in [-0.2, -0.15) is 0 Å². The van der Waals surface area contributed by atoms with E-state index in [1.54, 1.807) is 42.1 Å². The van der Waals surface area contributed by atoms with Gasteiger partial charge in [0.1, 0.15) is 5.60 Å². The van der Waals surface area contributed by atoms with Crippen molar-refractivity contribution in [2.24, 2.45) is 0 Å². The van der Waals surface area contributed by atoms with Crippen molar-refractivity contribution in [1.29, 1.82) is 0 Å². The average Bonchev–Trinajstić information content (AvgIpc) is 2.85. The third-order valence-corrected chi connectivity index (χ3v) is 6.47. The molecule has 0 bridgehead atoms. The van der Waals surface area contributed by atoms with Crippen LogP contribution in [-0.2, 0) is 11.3 Å². The predicted octanol–water partition coefficient (Wildman–Crippen LogP) is 5.01. The van der Waals surface area contributed by atoms with Gasteiger partial charge < -0.3 is 19.1 Å². The minimum atomic E-state index is -0.521. The third kappa shape index (κ3) is 5.98. The Morgan fingerprint density at radius 3 is 2.42 bits per heavy atom. The number of fused-ring (bicyclic) bond motifs is 1. The summed E-state index contributed by atoms with van der Waals surface area (Å²) in [5.74, 6) is 1.08. The second-order valence-corrected chi connectivity index (χ2v) is 10.3. The number of rotatable bonds is 6. The molecule has 1 fully saturated rings. The van der Waals surface area contributed by atoms with E-state index < -0.39 is 5.60 Å². The first kappa shape index (κ1) is 25.5. The zero-order chi connectivity index (χ0) is 25.9. The summed E-state index contributed by atoms with van der Waals surface area (Å²) in [6.07, 6.45) is 4.41. The van der Waals surface area contributed by atoms with Crippen LogP contribution in [0.15, 0.2) is 53.6 Å². The third-order valence-electron chi connectivity index (χ3n) is 6.47. The summed E-state index contributed by atoms with van der Waals surface area (Å²) in [7, 11) is 3.37. The van der Waals surface area contributed by atoms with Gasteiger partial charge in [-0.3, -0.25) is 9.36 Å². The molecular weight excluding hydrogens is 458 g/mol. The Morgan fingerprint density at radius 2 is 1.78 bits per heavy atom. The van der Waals surface area contributed by atoms with E-state index in [0.29, 0.717) is 28.9 Å². The molecule has 4 rings (SSSR count). The van der Waals surface area contributed by atoms with Crippen LogP contribution in [0, 0.1) is 0 Å². The molecule has 0 atom stereocenters. The molecule has 0 N–H and O–H groups in total. The van der Waals surface area contributed by atoms with Crippen molar-refractivity contribution in [3.8, 4) is 11.5 Å². The molecule has 1 aliphatic carbocycles. The molecule has 0 aliphatic heterocycles. The Morgan fingerprint density at radius 1 is 1.08 bits per heavy atom. The van der Waals surface area contributed by atoms with E-state index in [2.05, 4.69) is 4.98 Å². The molecule has 36 heavy (non-hydrogen) atoms. The number of benzene rings is 2. The van der Waals surface area contributed by atoms with Gasteiger partial charge in [-0.15, -0.1) is 0 Å². The van der Waals surface area contributed by atoms with Crippen molar-refractivity contribution in [3.63, 3.8) is 0 Å². The Bertz CT molecular complexity index is 1260. The van der Waals surface area contributed by atoms with Gasteiger partial charge in [0.25, 0.3) is 5.56 Å².